The van der Waals surface area contributed by atoms with E-state index in [2.05, 4.69) is 4.90 Å². The summed E-state index contributed by atoms with van der Waals surface area (Å²) < 4.78 is 6.88. The Bertz CT molecular complexity index is 562. The number of nitrogens with one attached hydrogen (secondary N) is 1. The third-order valence-electron chi connectivity index (χ3n) is 2.58. The summed E-state index contributed by atoms with van der Waals surface area (Å²) in [5.74, 6) is 0.966. The molecule has 0 atom stereocenters. The van der Waals surface area contributed by atoms with Crippen molar-refractivity contribution in [1.82, 2.24) is 4.90 Å². The Hall–Kier alpha value is -1.59. The SMILES string of the molecule is CN(C)CCOc1cccc2sc(C(=N)N)cc12. The molecule has 2 aromatic rings. The Balaban J connectivity index is 2.24. The molecule has 3 N–H and O–H groups in total. The number of fused-ring (bicyclic) bond motifs is 1. The number of thiophene rings is 1. The molecule has 0 amide bonds. The number of benzene rings is 1. The van der Waals surface area contributed by atoms with Gasteiger partial charge in [-0.05, 0) is 32.3 Å². The first-order valence-electron chi connectivity index (χ1n) is 5.72. The van der Waals surface area contributed by atoms with Crippen molar-refractivity contribution in [2.45, 2.75) is 0 Å². The van der Waals surface area contributed by atoms with Crippen molar-refractivity contribution < 1.29 is 4.74 Å². The molecule has 0 aliphatic rings. The number of nitrogens with two attached hydrogens (primary N) is 1. The van der Waals surface area contributed by atoms with E-state index in [9.17, 15) is 0 Å². The summed E-state index contributed by atoms with van der Waals surface area (Å²) >= 11 is 1.52. The standard InChI is InChI=1S/C13H17N3OS/c1-16(2)6-7-17-10-4-3-5-11-9(10)8-12(18-11)13(14)15/h3-5,8H,6-7H2,1-2H3,(H3,14,15). The highest BCUT2D eigenvalue weighted by Crippen LogP contribution is 2.32. The monoisotopic (exact) mass is 263 g/mol. The van der Waals surface area contributed by atoms with Gasteiger partial charge in [-0.25, -0.2) is 0 Å². The minimum absolute atomic E-state index is 0.107. The van der Waals surface area contributed by atoms with E-state index in [0.29, 0.717) is 6.61 Å². The van der Waals surface area contributed by atoms with Crippen LogP contribution in [0.4, 0.5) is 0 Å². The summed E-state index contributed by atoms with van der Waals surface area (Å²) in [5.41, 5.74) is 5.51. The van der Waals surface area contributed by atoms with Gasteiger partial charge in [-0.15, -0.1) is 11.3 Å². The van der Waals surface area contributed by atoms with Crippen LogP contribution in [0.1, 0.15) is 4.88 Å². The van der Waals surface area contributed by atoms with Gasteiger partial charge < -0.3 is 15.4 Å². The van der Waals surface area contributed by atoms with Gasteiger partial charge in [0.2, 0.25) is 0 Å². The first kappa shape index (κ1) is 12.9. The van der Waals surface area contributed by atoms with Crippen LogP contribution in [-0.4, -0.2) is 38.0 Å². The van der Waals surface area contributed by atoms with E-state index in [1.165, 1.54) is 11.3 Å². The van der Waals surface area contributed by atoms with Crippen LogP contribution in [0.5, 0.6) is 5.75 Å². The largest absolute Gasteiger partial charge is 0.492 e. The molecular formula is C13H17N3OS. The molecule has 1 heterocycles. The molecule has 5 heteroatoms. The van der Waals surface area contributed by atoms with E-state index in [1.54, 1.807) is 0 Å². The minimum atomic E-state index is 0.107. The molecule has 2 rings (SSSR count). The number of hydrogen-bond donors (Lipinski definition) is 2. The summed E-state index contributed by atoms with van der Waals surface area (Å²) in [6.07, 6.45) is 0. The number of hydrogen-bond acceptors (Lipinski definition) is 4. The van der Waals surface area contributed by atoms with Crippen LogP contribution >= 0.6 is 11.3 Å². The van der Waals surface area contributed by atoms with Crippen LogP contribution in [0.2, 0.25) is 0 Å². The summed E-state index contributed by atoms with van der Waals surface area (Å²) in [5, 5.41) is 8.51. The number of nitrogens with zero attached hydrogens (tertiary/aromatic N) is 1. The number of likely N-dealkylation sites (N-methyl/N-ethyl adjacent to an activating group) is 1. The molecule has 18 heavy (non-hydrogen) atoms. The highest BCUT2D eigenvalue weighted by molar-refractivity contribution is 7.20. The molecular weight excluding hydrogens is 246 g/mol. The van der Waals surface area contributed by atoms with Crippen molar-refractivity contribution in [3.63, 3.8) is 0 Å². The van der Waals surface area contributed by atoms with E-state index < -0.39 is 0 Å². The Morgan fingerprint density at radius 3 is 2.89 bits per heavy atom. The van der Waals surface area contributed by atoms with Gasteiger partial charge in [-0.1, -0.05) is 6.07 Å². The molecule has 1 aromatic carbocycles. The maximum atomic E-state index is 7.47. The van der Waals surface area contributed by atoms with Gasteiger partial charge in [0.15, 0.2) is 0 Å². The number of nitrogen functional groups attached to an aromatic ring is 1. The average Bonchev–Trinajstić information content (AvgIpc) is 2.73. The highest BCUT2D eigenvalue weighted by Gasteiger charge is 2.08. The summed E-state index contributed by atoms with van der Waals surface area (Å²) in [6.45, 7) is 1.53. The van der Waals surface area contributed by atoms with Gasteiger partial charge in [-0.2, -0.15) is 0 Å². The molecule has 0 aliphatic heterocycles. The molecule has 1 aromatic heterocycles. The molecule has 0 fully saturated rings. The van der Waals surface area contributed by atoms with Crippen molar-refractivity contribution in [3.05, 3.63) is 29.1 Å². The molecule has 96 valence electrons. The third kappa shape index (κ3) is 2.80. The lowest BCUT2D eigenvalue weighted by atomic mass is 10.2. The fourth-order valence-corrected chi connectivity index (χ4v) is 2.57. The van der Waals surface area contributed by atoms with Crippen LogP contribution in [0, 0.1) is 5.41 Å². The lowest BCUT2D eigenvalue weighted by Crippen LogP contribution is -2.19. The lowest BCUT2D eigenvalue weighted by molar-refractivity contribution is 0.264. The van der Waals surface area contributed by atoms with E-state index in [1.807, 2.05) is 38.4 Å². The van der Waals surface area contributed by atoms with Gasteiger partial charge in [0, 0.05) is 16.6 Å². The molecule has 0 bridgehead atoms. The molecule has 0 spiro atoms. The van der Waals surface area contributed by atoms with E-state index in [-0.39, 0.29) is 5.84 Å². The average molecular weight is 263 g/mol. The topological polar surface area (TPSA) is 62.3 Å². The number of rotatable bonds is 5. The van der Waals surface area contributed by atoms with Crippen molar-refractivity contribution in [2.75, 3.05) is 27.2 Å². The van der Waals surface area contributed by atoms with Crippen LogP contribution in [-0.2, 0) is 0 Å². The normalized spacial score (nSPS) is 11.1. The first-order chi connectivity index (χ1) is 8.58. The highest BCUT2D eigenvalue weighted by atomic mass is 32.1. The Labute approximate surface area is 110 Å². The van der Waals surface area contributed by atoms with Gasteiger partial charge in [0.25, 0.3) is 0 Å². The molecule has 0 aliphatic carbocycles. The fraction of sp³-hybridized carbons (Fsp3) is 0.308. The predicted molar refractivity (Wildman–Crippen MR) is 76.9 cm³/mol. The third-order valence-corrected chi connectivity index (χ3v) is 3.72. The number of amidine groups is 1. The summed E-state index contributed by atoms with van der Waals surface area (Å²) in [6, 6.07) is 7.86. The van der Waals surface area contributed by atoms with Gasteiger partial charge >= 0.3 is 0 Å². The minimum Gasteiger partial charge on any atom is -0.492 e. The zero-order chi connectivity index (χ0) is 13.1. The maximum absolute atomic E-state index is 7.47. The second-order valence-electron chi connectivity index (χ2n) is 4.34. The van der Waals surface area contributed by atoms with Gasteiger partial charge in [0.05, 0.1) is 4.88 Å². The van der Waals surface area contributed by atoms with Crippen LogP contribution in [0.3, 0.4) is 0 Å². The van der Waals surface area contributed by atoms with Crippen molar-refractivity contribution >= 4 is 27.3 Å². The van der Waals surface area contributed by atoms with Crippen molar-refractivity contribution in [3.8, 4) is 5.75 Å². The van der Waals surface area contributed by atoms with Crippen LogP contribution in [0.15, 0.2) is 24.3 Å². The maximum Gasteiger partial charge on any atom is 0.133 e. The Morgan fingerprint density at radius 1 is 1.44 bits per heavy atom. The first-order valence-corrected chi connectivity index (χ1v) is 6.54. The van der Waals surface area contributed by atoms with Crippen molar-refractivity contribution in [1.29, 1.82) is 5.41 Å². The molecule has 0 radical (unpaired) electrons. The fourth-order valence-electron chi connectivity index (χ4n) is 1.63. The second-order valence-corrected chi connectivity index (χ2v) is 5.43. The zero-order valence-corrected chi connectivity index (χ0v) is 11.4. The second kappa shape index (κ2) is 5.37. The van der Waals surface area contributed by atoms with E-state index in [4.69, 9.17) is 15.9 Å². The molecule has 0 unspecified atom stereocenters. The smallest absolute Gasteiger partial charge is 0.133 e. The van der Waals surface area contributed by atoms with Gasteiger partial charge in [0.1, 0.15) is 18.2 Å². The zero-order valence-electron chi connectivity index (χ0n) is 10.6. The Kier molecular flexibility index (Phi) is 3.84. The van der Waals surface area contributed by atoms with E-state index >= 15 is 0 Å². The predicted octanol–water partition coefficient (Wildman–Crippen LogP) is 2.13. The molecule has 0 saturated carbocycles. The quantitative estimate of drug-likeness (QED) is 0.641. The van der Waals surface area contributed by atoms with E-state index in [0.717, 1.165) is 27.3 Å². The van der Waals surface area contributed by atoms with Crippen LogP contribution < -0.4 is 10.5 Å². The Morgan fingerprint density at radius 2 is 2.22 bits per heavy atom. The summed E-state index contributed by atoms with van der Waals surface area (Å²) in [7, 11) is 4.03. The van der Waals surface area contributed by atoms with Crippen molar-refractivity contribution in [2.24, 2.45) is 5.73 Å². The van der Waals surface area contributed by atoms with Crippen LogP contribution in [0.25, 0.3) is 10.1 Å². The lowest BCUT2D eigenvalue weighted by Gasteiger charge is -2.11. The molecule has 4 nitrogen and oxygen atoms in total. The number of ether oxygens (including phenoxy) is 1. The van der Waals surface area contributed by atoms with Gasteiger partial charge in [-0.3, -0.25) is 5.41 Å². The summed E-state index contributed by atoms with van der Waals surface area (Å²) in [4.78, 5) is 2.86. The molecule has 0 saturated heterocycles.